The molecule has 1 heterocycles. The molecule has 5 heteroatoms. The molecule has 0 bridgehead atoms. The standard InChI is InChI=1S/C8H15FO3S/c1-8(2)11-6(7(10)12-8)5(9)3-4-13/h5-7,10,13H,3-4H2,1-2H3/t5-,6+,7+/m0/s1. The summed E-state index contributed by atoms with van der Waals surface area (Å²) in [6, 6.07) is 0. The van der Waals surface area contributed by atoms with Gasteiger partial charge < -0.3 is 14.6 Å². The van der Waals surface area contributed by atoms with Crippen molar-refractivity contribution in [2.45, 2.75) is 44.6 Å². The summed E-state index contributed by atoms with van der Waals surface area (Å²) < 4.78 is 23.5. The lowest BCUT2D eigenvalue weighted by atomic mass is 10.2. The fourth-order valence-electron chi connectivity index (χ4n) is 1.31. The second kappa shape index (κ2) is 4.13. The Morgan fingerprint density at radius 2 is 2.15 bits per heavy atom. The molecule has 0 aromatic heterocycles. The molecule has 0 unspecified atom stereocenters. The van der Waals surface area contributed by atoms with E-state index >= 15 is 0 Å². The van der Waals surface area contributed by atoms with Gasteiger partial charge in [-0.1, -0.05) is 0 Å². The third kappa shape index (κ3) is 2.80. The van der Waals surface area contributed by atoms with Gasteiger partial charge in [-0.25, -0.2) is 4.39 Å². The predicted octanol–water partition coefficient (Wildman–Crippen LogP) is 1.11. The van der Waals surface area contributed by atoms with Crippen LogP contribution in [0.15, 0.2) is 0 Å². The molecule has 13 heavy (non-hydrogen) atoms. The molecule has 78 valence electrons. The first-order valence-electron chi connectivity index (χ1n) is 4.25. The molecule has 0 aromatic carbocycles. The van der Waals surface area contributed by atoms with Gasteiger partial charge in [0.05, 0.1) is 0 Å². The van der Waals surface area contributed by atoms with Crippen LogP contribution in [0, 0.1) is 0 Å². The molecule has 1 N–H and O–H groups in total. The maximum Gasteiger partial charge on any atom is 0.187 e. The van der Waals surface area contributed by atoms with Crippen molar-refractivity contribution in [3.8, 4) is 0 Å². The maximum atomic E-state index is 13.3. The lowest BCUT2D eigenvalue weighted by Gasteiger charge is -2.18. The van der Waals surface area contributed by atoms with Gasteiger partial charge >= 0.3 is 0 Å². The summed E-state index contributed by atoms with van der Waals surface area (Å²) in [4.78, 5) is 0. The first kappa shape index (κ1) is 11.2. The number of rotatable bonds is 3. The van der Waals surface area contributed by atoms with Crippen LogP contribution in [0.1, 0.15) is 20.3 Å². The fourth-order valence-corrected chi connectivity index (χ4v) is 1.56. The van der Waals surface area contributed by atoms with E-state index in [-0.39, 0.29) is 6.42 Å². The van der Waals surface area contributed by atoms with Gasteiger partial charge in [0.1, 0.15) is 12.3 Å². The highest BCUT2D eigenvalue weighted by atomic mass is 32.1. The lowest BCUT2D eigenvalue weighted by molar-refractivity contribution is -0.175. The molecule has 3 atom stereocenters. The normalized spacial score (nSPS) is 34.8. The number of thiol groups is 1. The van der Waals surface area contributed by atoms with Crippen LogP contribution in [0.5, 0.6) is 0 Å². The third-order valence-electron chi connectivity index (χ3n) is 1.87. The van der Waals surface area contributed by atoms with E-state index in [1.54, 1.807) is 13.8 Å². The van der Waals surface area contributed by atoms with Gasteiger partial charge in [-0.3, -0.25) is 0 Å². The van der Waals surface area contributed by atoms with E-state index in [2.05, 4.69) is 12.6 Å². The first-order chi connectivity index (χ1) is 5.96. The number of aliphatic hydroxyl groups excluding tert-OH is 1. The SMILES string of the molecule is CC1(C)O[C@H]([C@@H](F)CCS)[C@H](O)O1. The Bertz CT molecular complexity index is 177. The molecule has 1 fully saturated rings. The second-order valence-electron chi connectivity index (χ2n) is 3.52. The molecule has 0 amide bonds. The molecule has 3 nitrogen and oxygen atoms in total. The smallest absolute Gasteiger partial charge is 0.187 e. The highest BCUT2D eigenvalue weighted by Gasteiger charge is 2.44. The van der Waals surface area contributed by atoms with E-state index in [4.69, 9.17) is 9.47 Å². The second-order valence-corrected chi connectivity index (χ2v) is 3.97. The molecule has 0 aromatic rings. The zero-order valence-corrected chi connectivity index (χ0v) is 8.63. The molecular weight excluding hydrogens is 195 g/mol. The fraction of sp³-hybridized carbons (Fsp3) is 1.00. The molecule has 1 rings (SSSR count). The molecule has 0 aliphatic carbocycles. The van der Waals surface area contributed by atoms with Crippen LogP contribution in [-0.2, 0) is 9.47 Å². The average Bonchev–Trinajstić information content (AvgIpc) is 2.25. The number of aliphatic hydroxyl groups is 1. The van der Waals surface area contributed by atoms with Gasteiger partial charge in [-0.2, -0.15) is 12.6 Å². The van der Waals surface area contributed by atoms with Crippen LogP contribution in [-0.4, -0.2) is 35.2 Å². The van der Waals surface area contributed by atoms with Crippen LogP contribution in [0.25, 0.3) is 0 Å². The number of hydrogen-bond acceptors (Lipinski definition) is 4. The predicted molar refractivity (Wildman–Crippen MR) is 49.4 cm³/mol. The van der Waals surface area contributed by atoms with Gasteiger partial charge in [0, 0.05) is 0 Å². The van der Waals surface area contributed by atoms with Gasteiger partial charge in [-0.05, 0) is 26.0 Å². The van der Waals surface area contributed by atoms with Crippen molar-refractivity contribution in [3.63, 3.8) is 0 Å². The molecule has 0 radical (unpaired) electrons. The van der Waals surface area contributed by atoms with Crippen molar-refractivity contribution in [3.05, 3.63) is 0 Å². The third-order valence-corrected chi connectivity index (χ3v) is 2.13. The molecule has 0 spiro atoms. The van der Waals surface area contributed by atoms with Gasteiger partial charge in [0.15, 0.2) is 12.1 Å². The van der Waals surface area contributed by atoms with Crippen molar-refractivity contribution < 1.29 is 19.0 Å². The molecule has 1 aliphatic heterocycles. The maximum absolute atomic E-state index is 13.3. The van der Waals surface area contributed by atoms with E-state index in [9.17, 15) is 9.50 Å². The van der Waals surface area contributed by atoms with Crippen LogP contribution < -0.4 is 0 Å². The minimum atomic E-state index is -1.23. The zero-order chi connectivity index (χ0) is 10.1. The van der Waals surface area contributed by atoms with Crippen LogP contribution in [0.3, 0.4) is 0 Å². The van der Waals surface area contributed by atoms with E-state index in [1.165, 1.54) is 0 Å². The summed E-state index contributed by atoms with van der Waals surface area (Å²) in [6.07, 6.45) is -3.04. The Morgan fingerprint density at radius 3 is 2.54 bits per heavy atom. The first-order valence-corrected chi connectivity index (χ1v) is 4.88. The number of halogens is 1. The van der Waals surface area contributed by atoms with E-state index in [1.807, 2.05) is 0 Å². The van der Waals surface area contributed by atoms with E-state index in [0.29, 0.717) is 5.75 Å². The minimum absolute atomic E-state index is 0.254. The van der Waals surface area contributed by atoms with Crippen LogP contribution in [0.4, 0.5) is 4.39 Å². The van der Waals surface area contributed by atoms with E-state index < -0.39 is 24.4 Å². The van der Waals surface area contributed by atoms with Gasteiger partial charge in [0.25, 0.3) is 0 Å². The molecule has 1 aliphatic rings. The lowest BCUT2D eigenvalue weighted by Crippen LogP contribution is -2.32. The quantitative estimate of drug-likeness (QED) is 0.685. The van der Waals surface area contributed by atoms with Crippen molar-refractivity contribution in [1.29, 1.82) is 0 Å². The Hall–Kier alpha value is 0.160. The monoisotopic (exact) mass is 210 g/mol. The number of hydrogen-bond donors (Lipinski definition) is 2. The Labute approximate surface area is 82.6 Å². The Balaban J connectivity index is 2.52. The van der Waals surface area contributed by atoms with Gasteiger partial charge in [0.2, 0.25) is 0 Å². The summed E-state index contributed by atoms with van der Waals surface area (Å²) in [5.74, 6) is -0.473. The average molecular weight is 210 g/mol. The highest BCUT2D eigenvalue weighted by molar-refractivity contribution is 7.80. The van der Waals surface area contributed by atoms with E-state index in [0.717, 1.165) is 0 Å². The largest absolute Gasteiger partial charge is 0.366 e. The van der Waals surface area contributed by atoms with Crippen LogP contribution in [0.2, 0.25) is 0 Å². The highest BCUT2D eigenvalue weighted by Crippen LogP contribution is 2.30. The topological polar surface area (TPSA) is 38.7 Å². The van der Waals surface area contributed by atoms with Crippen molar-refractivity contribution >= 4 is 12.6 Å². The molecule has 1 saturated heterocycles. The number of alkyl halides is 1. The Morgan fingerprint density at radius 1 is 1.54 bits per heavy atom. The molecule has 0 saturated carbocycles. The van der Waals surface area contributed by atoms with Crippen LogP contribution >= 0.6 is 12.6 Å². The molecular formula is C8H15FO3S. The van der Waals surface area contributed by atoms with Gasteiger partial charge in [-0.15, -0.1) is 0 Å². The number of ether oxygens (including phenoxy) is 2. The zero-order valence-electron chi connectivity index (χ0n) is 7.74. The summed E-state index contributed by atoms with van der Waals surface area (Å²) in [5.41, 5.74) is 0. The summed E-state index contributed by atoms with van der Waals surface area (Å²) in [5, 5.41) is 9.31. The summed E-state index contributed by atoms with van der Waals surface area (Å²) in [6.45, 7) is 3.28. The summed E-state index contributed by atoms with van der Waals surface area (Å²) >= 11 is 3.91. The van der Waals surface area contributed by atoms with Crippen molar-refractivity contribution in [1.82, 2.24) is 0 Å². The minimum Gasteiger partial charge on any atom is -0.366 e. The van der Waals surface area contributed by atoms with Crippen molar-refractivity contribution in [2.24, 2.45) is 0 Å². The van der Waals surface area contributed by atoms with Crippen molar-refractivity contribution in [2.75, 3.05) is 5.75 Å². The Kier molecular flexibility index (Phi) is 3.57. The summed E-state index contributed by atoms with van der Waals surface area (Å²) in [7, 11) is 0.